The van der Waals surface area contributed by atoms with Crippen LogP contribution in [0.5, 0.6) is 5.75 Å². The molecule has 8 nitrogen and oxygen atoms in total. The summed E-state index contributed by atoms with van der Waals surface area (Å²) in [6, 6.07) is 7.04. The number of amides is 3. The number of anilines is 1. The molecule has 9 heteroatoms. The summed E-state index contributed by atoms with van der Waals surface area (Å²) < 4.78 is 5.10. The first-order valence-corrected chi connectivity index (χ1v) is 9.18. The smallest absolute Gasteiger partial charge is 0.317 e. The van der Waals surface area contributed by atoms with Gasteiger partial charge in [0, 0.05) is 31.7 Å². The molecule has 1 aromatic heterocycles. The average molecular weight is 375 g/mol. The van der Waals surface area contributed by atoms with Crippen LogP contribution in [0.15, 0.2) is 24.3 Å². The van der Waals surface area contributed by atoms with Crippen LogP contribution >= 0.6 is 11.3 Å². The lowest BCUT2D eigenvalue weighted by Crippen LogP contribution is -2.42. The van der Waals surface area contributed by atoms with E-state index in [4.69, 9.17) is 4.74 Å². The molecule has 3 rings (SSSR count). The van der Waals surface area contributed by atoms with Gasteiger partial charge >= 0.3 is 6.03 Å². The number of piperidine rings is 1. The number of nitrogens with one attached hydrogen (secondary N) is 2. The molecule has 2 N–H and O–H groups in total. The number of likely N-dealkylation sites (tertiary alicyclic amines) is 1. The van der Waals surface area contributed by atoms with Crippen molar-refractivity contribution in [3.63, 3.8) is 0 Å². The predicted octanol–water partition coefficient (Wildman–Crippen LogP) is 2.32. The second-order valence-electron chi connectivity index (χ2n) is 5.94. The Hall–Kier alpha value is -2.68. The Bertz CT molecular complexity index is 769. The lowest BCUT2D eigenvalue weighted by molar-refractivity contribution is 0.102. The molecule has 1 saturated heterocycles. The van der Waals surface area contributed by atoms with E-state index in [0.29, 0.717) is 23.8 Å². The van der Waals surface area contributed by atoms with Crippen molar-refractivity contribution < 1.29 is 14.3 Å². The summed E-state index contributed by atoms with van der Waals surface area (Å²) in [5, 5.41) is 14.9. The highest BCUT2D eigenvalue weighted by Crippen LogP contribution is 2.30. The number of carbonyl (C=O) groups is 2. The van der Waals surface area contributed by atoms with Gasteiger partial charge in [0.2, 0.25) is 5.01 Å². The standard InChI is InChI=1S/C17H21N5O3S/c1-18-17(24)22-9-7-11(8-10-22)15-20-21-16(26-15)14(23)19-12-3-5-13(25-2)6-4-12/h3-6,11H,7-10H2,1-2H3,(H,18,24)(H,19,23). The minimum absolute atomic E-state index is 0.0553. The Morgan fingerprint density at radius 3 is 2.50 bits per heavy atom. The molecule has 0 spiro atoms. The second-order valence-corrected chi connectivity index (χ2v) is 6.95. The van der Waals surface area contributed by atoms with E-state index in [2.05, 4.69) is 20.8 Å². The van der Waals surface area contributed by atoms with E-state index in [-0.39, 0.29) is 17.9 Å². The molecule has 0 atom stereocenters. The van der Waals surface area contributed by atoms with Gasteiger partial charge in [-0.2, -0.15) is 0 Å². The molecule has 0 saturated carbocycles. The normalized spacial score (nSPS) is 14.8. The molecule has 26 heavy (non-hydrogen) atoms. The van der Waals surface area contributed by atoms with Crippen molar-refractivity contribution in [3.05, 3.63) is 34.3 Å². The zero-order valence-electron chi connectivity index (χ0n) is 14.7. The quantitative estimate of drug-likeness (QED) is 0.855. The zero-order chi connectivity index (χ0) is 18.5. The van der Waals surface area contributed by atoms with E-state index in [1.165, 1.54) is 11.3 Å². The van der Waals surface area contributed by atoms with E-state index >= 15 is 0 Å². The maximum absolute atomic E-state index is 12.3. The van der Waals surface area contributed by atoms with Crippen LogP contribution in [0.3, 0.4) is 0 Å². The Morgan fingerprint density at radius 1 is 1.19 bits per heavy atom. The highest BCUT2D eigenvalue weighted by molar-refractivity contribution is 7.13. The topological polar surface area (TPSA) is 96.5 Å². The number of carbonyl (C=O) groups excluding carboxylic acids is 2. The number of rotatable bonds is 4. The molecule has 1 fully saturated rings. The first-order valence-electron chi connectivity index (χ1n) is 8.36. The van der Waals surface area contributed by atoms with Gasteiger partial charge in [0.25, 0.3) is 5.91 Å². The molecule has 1 aliphatic rings. The summed E-state index contributed by atoms with van der Waals surface area (Å²) >= 11 is 1.31. The minimum Gasteiger partial charge on any atom is -0.497 e. The number of benzene rings is 1. The number of hydrogen-bond donors (Lipinski definition) is 2. The zero-order valence-corrected chi connectivity index (χ0v) is 15.5. The fourth-order valence-electron chi connectivity index (χ4n) is 2.84. The van der Waals surface area contributed by atoms with Crippen LogP contribution in [-0.4, -0.2) is 54.3 Å². The SMILES string of the molecule is CNC(=O)N1CCC(c2nnc(C(=O)Nc3ccc(OC)cc3)s2)CC1. The van der Waals surface area contributed by atoms with Gasteiger partial charge in [0.05, 0.1) is 7.11 Å². The fourth-order valence-corrected chi connectivity index (χ4v) is 3.75. The van der Waals surface area contributed by atoms with Crippen molar-refractivity contribution in [1.82, 2.24) is 20.4 Å². The molecule has 0 bridgehead atoms. The number of ether oxygens (including phenoxy) is 1. The number of urea groups is 1. The van der Waals surface area contributed by atoms with Crippen LogP contribution in [0.4, 0.5) is 10.5 Å². The minimum atomic E-state index is -0.276. The highest BCUT2D eigenvalue weighted by atomic mass is 32.1. The van der Waals surface area contributed by atoms with Crippen LogP contribution in [0.1, 0.15) is 33.6 Å². The lowest BCUT2D eigenvalue weighted by atomic mass is 9.98. The van der Waals surface area contributed by atoms with Gasteiger partial charge in [-0.15, -0.1) is 10.2 Å². The fraction of sp³-hybridized carbons (Fsp3) is 0.412. The molecule has 1 aromatic carbocycles. The summed E-state index contributed by atoms with van der Waals surface area (Å²) in [5.41, 5.74) is 0.673. The average Bonchev–Trinajstić information content (AvgIpc) is 3.18. The molecular weight excluding hydrogens is 354 g/mol. The summed E-state index contributed by atoms with van der Waals surface area (Å²) in [6.07, 6.45) is 1.64. The van der Waals surface area contributed by atoms with E-state index in [1.807, 2.05) is 0 Å². The first-order chi connectivity index (χ1) is 12.6. The second kappa shape index (κ2) is 8.13. The van der Waals surface area contributed by atoms with Crippen molar-refractivity contribution in [1.29, 1.82) is 0 Å². The number of hydrogen-bond acceptors (Lipinski definition) is 6. The third-order valence-electron chi connectivity index (χ3n) is 4.33. The van der Waals surface area contributed by atoms with E-state index in [9.17, 15) is 9.59 Å². The van der Waals surface area contributed by atoms with Crippen LogP contribution in [0.25, 0.3) is 0 Å². The van der Waals surface area contributed by atoms with Crippen molar-refractivity contribution in [3.8, 4) is 5.75 Å². The van der Waals surface area contributed by atoms with Crippen LogP contribution in [0, 0.1) is 0 Å². The van der Waals surface area contributed by atoms with Gasteiger partial charge in [-0.3, -0.25) is 4.79 Å². The van der Waals surface area contributed by atoms with E-state index in [0.717, 1.165) is 23.6 Å². The predicted molar refractivity (Wildman–Crippen MR) is 98.9 cm³/mol. The van der Waals surface area contributed by atoms with Gasteiger partial charge in [0.15, 0.2) is 0 Å². The molecular formula is C17H21N5O3S. The van der Waals surface area contributed by atoms with Crippen LogP contribution < -0.4 is 15.4 Å². The third-order valence-corrected chi connectivity index (χ3v) is 5.41. The van der Waals surface area contributed by atoms with Gasteiger partial charge in [-0.1, -0.05) is 11.3 Å². The monoisotopic (exact) mass is 375 g/mol. The van der Waals surface area contributed by atoms with Gasteiger partial charge < -0.3 is 20.3 Å². The lowest BCUT2D eigenvalue weighted by Gasteiger charge is -2.30. The number of nitrogens with zero attached hydrogens (tertiary/aromatic N) is 3. The molecule has 2 heterocycles. The van der Waals surface area contributed by atoms with E-state index < -0.39 is 0 Å². The summed E-state index contributed by atoms with van der Waals surface area (Å²) in [5.74, 6) is 0.682. The van der Waals surface area contributed by atoms with Gasteiger partial charge in [-0.25, -0.2) is 4.79 Å². The maximum atomic E-state index is 12.3. The molecule has 0 radical (unpaired) electrons. The van der Waals surface area contributed by atoms with Gasteiger partial charge in [0.1, 0.15) is 10.8 Å². The Balaban J connectivity index is 1.59. The van der Waals surface area contributed by atoms with Crippen molar-refractivity contribution in [2.75, 3.05) is 32.6 Å². The molecule has 1 aliphatic heterocycles. The van der Waals surface area contributed by atoms with Crippen molar-refractivity contribution >= 4 is 29.0 Å². The third kappa shape index (κ3) is 4.10. The van der Waals surface area contributed by atoms with Crippen LogP contribution in [-0.2, 0) is 0 Å². The largest absolute Gasteiger partial charge is 0.497 e. The van der Waals surface area contributed by atoms with Crippen molar-refractivity contribution in [2.24, 2.45) is 0 Å². The Labute approximate surface area is 155 Å². The maximum Gasteiger partial charge on any atom is 0.317 e. The first kappa shape index (κ1) is 18.1. The summed E-state index contributed by atoms with van der Waals surface area (Å²) in [7, 11) is 3.22. The molecule has 3 amide bonds. The highest BCUT2D eigenvalue weighted by Gasteiger charge is 2.26. The van der Waals surface area contributed by atoms with E-state index in [1.54, 1.807) is 43.3 Å². The summed E-state index contributed by atoms with van der Waals surface area (Å²) in [4.78, 5) is 25.8. The summed E-state index contributed by atoms with van der Waals surface area (Å²) in [6.45, 7) is 1.36. The Morgan fingerprint density at radius 2 is 1.88 bits per heavy atom. The molecule has 2 aromatic rings. The van der Waals surface area contributed by atoms with Crippen molar-refractivity contribution in [2.45, 2.75) is 18.8 Å². The van der Waals surface area contributed by atoms with Crippen LogP contribution in [0.2, 0.25) is 0 Å². The van der Waals surface area contributed by atoms with Gasteiger partial charge in [-0.05, 0) is 37.1 Å². The molecule has 0 aliphatic carbocycles. The Kier molecular flexibility index (Phi) is 5.67. The number of methoxy groups -OCH3 is 1. The molecule has 138 valence electrons. The molecule has 0 unspecified atom stereocenters. The number of aromatic nitrogens is 2.